The maximum absolute atomic E-state index is 13.1. The lowest BCUT2D eigenvalue weighted by Crippen LogP contribution is -2.43. The molecule has 0 aromatic carbocycles. The zero-order valence-corrected chi connectivity index (χ0v) is 21.3. The minimum absolute atomic E-state index is 0.0196. The third-order valence-electron chi connectivity index (χ3n) is 5.24. The van der Waals surface area contributed by atoms with Crippen LogP contribution < -0.4 is 5.32 Å². The molecule has 1 atom stereocenters. The third-order valence-corrected chi connectivity index (χ3v) is 6.98. The molecule has 2 amide bonds. The number of carbonyl (C=O) groups excluding carboxylic acids is 3. The van der Waals surface area contributed by atoms with Gasteiger partial charge in [-0.3, -0.25) is 24.6 Å². The molecular weight excluding hydrogens is 462 g/mol. The van der Waals surface area contributed by atoms with E-state index in [1.165, 1.54) is 6.33 Å². The van der Waals surface area contributed by atoms with E-state index in [0.29, 0.717) is 23.8 Å². The first-order chi connectivity index (χ1) is 15.6. The minimum atomic E-state index is -0.558. The minimum Gasteiger partial charge on any atom is -0.459 e. The Bertz CT molecular complexity index is 984. The Morgan fingerprint density at radius 1 is 1.30 bits per heavy atom. The summed E-state index contributed by atoms with van der Waals surface area (Å²) in [4.78, 5) is 47.6. The van der Waals surface area contributed by atoms with Gasteiger partial charge in [0.05, 0.1) is 24.7 Å². The summed E-state index contributed by atoms with van der Waals surface area (Å²) in [6.07, 6.45) is 3.15. The first-order valence-electron chi connectivity index (χ1n) is 11.0. The smallest absolute Gasteiger partial charge is 0.320 e. The standard InChI is InChI=1S/C22H31N5O4S2/c1-6-26(12-19(29)31-22(3,4)5)11-18(28)27-9-7-8-16(27)17-10-15(14(2)32-17)20(30)25-21-23-13-24-33-21/h10,13,16H,6-9,11-12H2,1-5H3,(H,23,24,25,30). The maximum Gasteiger partial charge on any atom is 0.320 e. The van der Waals surface area contributed by atoms with Crippen LogP contribution in [0.5, 0.6) is 0 Å². The molecule has 0 aliphatic carbocycles. The van der Waals surface area contributed by atoms with Gasteiger partial charge in [-0.05, 0) is 53.1 Å². The molecular formula is C22H31N5O4S2. The molecule has 0 spiro atoms. The van der Waals surface area contributed by atoms with E-state index in [-0.39, 0.29) is 36.9 Å². The Morgan fingerprint density at radius 3 is 2.70 bits per heavy atom. The molecule has 3 heterocycles. The number of amides is 2. The zero-order chi connectivity index (χ0) is 24.2. The number of esters is 1. The van der Waals surface area contributed by atoms with E-state index in [0.717, 1.165) is 34.1 Å². The van der Waals surface area contributed by atoms with Gasteiger partial charge in [0.15, 0.2) is 0 Å². The summed E-state index contributed by atoms with van der Waals surface area (Å²) in [6.45, 7) is 10.8. The molecule has 0 bridgehead atoms. The number of hydrogen-bond donors (Lipinski definition) is 1. The Balaban J connectivity index is 1.65. The van der Waals surface area contributed by atoms with Gasteiger partial charge in [-0.1, -0.05) is 6.92 Å². The van der Waals surface area contributed by atoms with Crippen molar-refractivity contribution < 1.29 is 19.1 Å². The molecule has 2 aromatic heterocycles. The van der Waals surface area contributed by atoms with E-state index in [4.69, 9.17) is 4.74 Å². The summed E-state index contributed by atoms with van der Waals surface area (Å²) in [7, 11) is 0. The fourth-order valence-corrected chi connectivity index (χ4v) is 5.37. The Hall–Kier alpha value is -2.37. The van der Waals surface area contributed by atoms with Crippen LogP contribution in [0.4, 0.5) is 5.13 Å². The van der Waals surface area contributed by atoms with Crippen LogP contribution in [-0.2, 0) is 14.3 Å². The number of likely N-dealkylation sites (tertiary alicyclic amines) is 1. The van der Waals surface area contributed by atoms with Crippen molar-refractivity contribution in [2.75, 3.05) is 31.5 Å². The highest BCUT2D eigenvalue weighted by molar-refractivity contribution is 7.12. The molecule has 1 aliphatic rings. The molecule has 11 heteroatoms. The van der Waals surface area contributed by atoms with Crippen LogP contribution in [-0.4, -0.2) is 68.7 Å². The molecule has 0 saturated carbocycles. The molecule has 180 valence electrons. The number of nitrogens with one attached hydrogen (secondary N) is 1. The van der Waals surface area contributed by atoms with Crippen molar-refractivity contribution in [2.45, 2.75) is 59.1 Å². The third kappa shape index (κ3) is 6.81. The molecule has 1 saturated heterocycles. The first-order valence-corrected chi connectivity index (χ1v) is 12.6. The number of hydrogen-bond acceptors (Lipinski definition) is 9. The fraction of sp³-hybridized carbons (Fsp3) is 0.591. The van der Waals surface area contributed by atoms with Crippen LogP contribution in [0.2, 0.25) is 0 Å². The number of ether oxygens (including phenoxy) is 1. The fourth-order valence-electron chi connectivity index (χ4n) is 3.77. The van der Waals surface area contributed by atoms with Crippen LogP contribution in [0.15, 0.2) is 12.4 Å². The second-order valence-electron chi connectivity index (χ2n) is 8.95. The van der Waals surface area contributed by atoms with Gasteiger partial charge >= 0.3 is 5.97 Å². The average Bonchev–Trinajstić information content (AvgIpc) is 3.46. The van der Waals surface area contributed by atoms with Gasteiger partial charge in [0.25, 0.3) is 5.91 Å². The zero-order valence-electron chi connectivity index (χ0n) is 19.7. The van der Waals surface area contributed by atoms with Crippen molar-refractivity contribution in [2.24, 2.45) is 0 Å². The van der Waals surface area contributed by atoms with Crippen LogP contribution in [0.1, 0.15) is 66.7 Å². The topological polar surface area (TPSA) is 105 Å². The van der Waals surface area contributed by atoms with Gasteiger partial charge < -0.3 is 9.64 Å². The van der Waals surface area contributed by atoms with Crippen molar-refractivity contribution >= 4 is 45.8 Å². The molecule has 33 heavy (non-hydrogen) atoms. The summed E-state index contributed by atoms with van der Waals surface area (Å²) < 4.78 is 9.29. The quantitative estimate of drug-likeness (QED) is 0.561. The molecule has 3 rings (SSSR count). The Labute approximate surface area is 202 Å². The highest BCUT2D eigenvalue weighted by Crippen LogP contribution is 2.37. The van der Waals surface area contributed by atoms with Crippen molar-refractivity contribution in [3.05, 3.63) is 27.7 Å². The number of aromatic nitrogens is 2. The first kappa shape index (κ1) is 25.3. The SMILES string of the molecule is CCN(CC(=O)OC(C)(C)C)CC(=O)N1CCCC1c1cc(C(=O)Nc2ncns2)c(C)s1. The molecule has 9 nitrogen and oxygen atoms in total. The number of anilines is 1. The van der Waals surface area contributed by atoms with Gasteiger partial charge in [0.2, 0.25) is 11.0 Å². The second-order valence-corrected chi connectivity index (χ2v) is 11.0. The lowest BCUT2D eigenvalue weighted by Gasteiger charge is -2.28. The van der Waals surface area contributed by atoms with E-state index in [2.05, 4.69) is 14.7 Å². The van der Waals surface area contributed by atoms with Gasteiger partial charge in [-0.25, -0.2) is 4.98 Å². The summed E-state index contributed by atoms with van der Waals surface area (Å²) in [5.74, 6) is -0.582. The molecule has 1 N–H and O–H groups in total. The second kappa shape index (κ2) is 10.7. The van der Waals surface area contributed by atoms with Crippen molar-refractivity contribution in [1.82, 2.24) is 19.2 Å². The Morgan fingerprint density at radius 2 is 2.06 bits per heavy atom. The van der Waals surface area contributed by atoms with E-state index >= 15 is 0 Å². The van der Waals surface area contributed by atoms with Crippen LogP contribution in [0.3, 0.4) is 0 Å². The lowest BCUT2D eigenvalue weighted by molar-refractivity contribution is -0.156. The summed E-state index contributed by atoms with van der Waals surface area (Å²) in [5.41, 5.74) is 0.0297. The monoisotopic (exact) mass is 493 g/mol. The van der Waals surface area contributed by atoms with Crippen molar-refractivity contribution in [1.29, 1.82) is 0 Å². The summed E-state index contributed by atoms with van der Waals surface area (Å²) >= 11 is 2.66. The molecule has 0 radical (unpaired) electrons. The van der Waals surface area contributed by atoms with Gasteiger partial charge in [-0.15, -0.1) is 11.3 Å². The van der Waals surface area contributed by atoms with Crippen molar-refractivity contribution in [3.63, 3.8) is 0 Å². The number of likely N-dealkylation sites (N-methyl/N-ethyl adjacent to an activating group) is 1. The van der Waals surface area contributed by atoms with Crippen molar-refractivity contribution in [3.8, 4) is 0 Å². The number of rotatable bonds is 8. The molecule has 1 unspecified atom stereocenters. The van der Waals surface area contributed by atoms with E-state index < -0.39 is 5.60 Å². The number of aryl methyl sites for hydroxylation is 1. The number of nitrogens with zero attached hydrogens (tertiary/aromatic N) is 4. The lowest BCUT2D eigenvalue weighted by atomic mass is 10.1. The van der Waals surface area contributed by atoms with Gasteiger partial charge in [0, 0.05) is 27.8 Å². The van der Waals surface area contributed by atoms with E-state index in [1.807, 2.05) is 45.6 Å². The highest BCUT2D eigenvalue weighted by Gasteiger charge is 2.33. The summed E-state index contributed by atoms with van der Waals surface area (Å²) in [6, 6.07) is 1.81. The largest absolute Gasteiger partial charge is 0.459 e. The van der Waals surface area contributed by atoms with E-state index in [9.17, 15) is 14.4 Å². The van der Waals surface area contributed by atoms with Crippen LogP contribution >= 0.6 is 22.9 Å². The van der Waals surface area contributed by atoms with Gasteiger partial charge in [0.1, 0.15) is 11.9 Å². The van der Waals surface area contributed by atoms with Gasteiger partial charge in [-0.2, -0.15) is 4.37 Å². The van der Waals surface area contributed by atoms with E-state index in [1.54, 1.807) is 16.2 Å². The predicted molar refractivity (Wildman–Crippen MR) is 129 cm³/mol. The van der Waals surface area contributed by atoms with Crippen LogP contribution in [0, 0.1) is 6.92 Å². The average molecular weight is 494 g/mol. The Kier molecular flexibility index (Phi) is 8.19. The molecule has 1 aliphatic heterocycles. The van der Waals surface area contributed by atoms with Crippen LogP contribution in [0.25, 0.3) is 0 Å². The maximum atomic E-state index is 13.1. The number of carbonyl (C=O) groups is 3. The molecule has 2 aromatic rings. The summed E-state index contributed by atoms with van der Waals surface area (Å²) in [5, 5.41) is 3.22. The number of thiophene rings is 1. The highest BCUT2D eigenvalue weighted by atomic mass is 32.1. The predicted octanol–water partition coefficient (Wildman–Crippen LogP) is 3.49. The normalized spacial score (nSPS) is 16.3. The molecule has 1 fully saturated rings.